The van der Waals surface area contributed by atoms with Crippen molar-refractivity contribution in [2.45, 2.75) is 32.1 Å². The number of amides is 4. The maximum atomic E-state index is 14.0. The van der Waals surface area contributed by atoms with Crippen molar-refractivity contribution in [3.05, 3.63) is 82.3 Å². The van der Waals surface area contributed by atoms with Gasteiger partial charge in [0.25, 0.3) is 0 Å². The molecule has 200 valence electrons. The van der Waals surface area contributed by atoms with Gasteiger partial charge in [-0.25, -0.2) is 9.59 Å². The normalized spacial score (nSPS) is 16.4. The number of carbonyl (C=O) groups is 2. The maximum Gasteiger partial charge on any atom is 0.347 e. The molecule has 4 amide bonds. The molecule has 2 N–H and O–H groups in total. The summed E-state index contributed by atoms with van der Waals surface area (Å²) in [5.41, 5.74) is 0.396. The average molecular weight is 559 g/mol. The lowest BCUT2D eigenvalue weighted by Crippen LogP contribution is -2.58. The van der Waals surface area contributed by atoms with Crippen LogP contribution < -0.4 is 19.7 Å². The van der Waals surface area contributed by atoms with Crippen LogP contribution in [0, 0.1) is 0 Å². The van der Waals surface area contributed by atoms with Gasteiger partial charge >= 0.3 is 12.1 Å². The van der Waals surface area contributed by atoms with Gasteiger partial charge in [0.1, 0.15) is 0 Å². The van der Waals surface area contributed by atoms with Crippen LogP contribution in [0.1, 0.15) is 19.4 Å². The van der Waals surface area contributed by atoms with Gasteiger partial charge in [-0.05, 0) is 56.3 Å². The molecule has 3 aromatic carbocycles. The molecule has 1 aliphatic heterocycles. The van der Waals surface area contributed by atoms with Crippen molar-refractivity contribution in [3.8, 4) is 11.5 Å². The minimum absolute atomic E-state index is 0.115. The third-order valence-electron chi connectivity index (χ3n) is 6.42. The third-order valence-corrected chi connectivity index (χ3v) is 6.89. The van der Waals surface area contributed by atoms with E-state index in [1.165, 1.54) is 19.1 Å². The number of ether oxygens (including phenoxy) is 2. The van der Waals surface area contributed by atoms with E-state index in [1.807, 2.05) is 6.07 Å². The van der Waals surface area contributed by atoms with E-state index in [2.05, 4.69) is 5.32 Å². The topological polar surface area (TPSA) is 94.6 Å². The second-order valence-corrected chi connectivity index (χ2v) is 10.1. The smallest absolute Gasteiger partial charge is 0.347 e. The number of para-hydroxylation sites is 1. The Kier molecular flexibility index (Phi) is 7.91. The molecule has 1 unspecified atom stereocenters. The number of rotatable bonds is 7. The van der Waals surface area contributed by atoms with Gasteiger partial charge in [-0.3, -0.25) is 10.1 Å². The number of hydrogen-bond acceptors (Lipinski definition) is 5. The van der Waals surface area contributed by atoms with Crippen LogP contribution in [-0.2, 0) is 6.54 Å². The number of hydrogen-bond donors (Lipinski definition) is 2. The highest BCUT2D eigenvalue weighted by molar-refractivity contribution is 6.31. The first kappa shape index (κ1) is 27.4. The first-order valence-corrected chi connectivity index (χ1v) is 12.4. The Morgan fingerprint density at radius 1 is 1.03 bits per heavy atom. The number of hydroxylamine groups is 2. The predicted octanol–water partition coefficient (Wildman–Crippen LogP) is 6.48. The van der Waals surface area contributed by atoms with Gasteiger partial charge in [0.15, 0.2) is 17.7 Å². The van der Waals surface area contributed by atoms with E-state index in [0.717, 1.165) is 0 Å². The van der Waals surface area contributed by atoms with Gasteiger partial charge in [0.2, 0.25) is 0 Å². The molecule has 0 spiro atoms. The van der Waals surface area contributed by atoms with Crippen molar-refractivity contribution >= 4 is 46.6 Å². The highest BCUT2D eigenvalue weighted by atomic mass is 35.5. The van der Waals surface area contributed by atoms with Gasteiger partial charge in [0.05, 0.1) is 26.3 Å². The standard InChI is InChI=1S/C27H28Cl2N4O5/c1-27(2)24(33(36)25(34)30-20-11-6-9-18(28)14-20)32(21-12-7-10-19(29)15-21)26(35)31(27)16-17-8-5-13-22(37-3)23(17)38-4/h5-15,24,36H,16H2,1-4H3,(H,30,34). The number of methoxy groups -OCH3 is 2. The highest BCUT2D eigenvalue weighted by Gasteiger charge is 2.56. The van der Waals surface area contributed by atoms with Gasteiger partial charge in [-0.1, -0.05) is 47.5 Å². The van der Waals surface area contributed by atoms with E-state index in [0.29, 0.717) is 43.5 Å². The molecule has 11 heteroatoms. The van der Waals surface area contributed by atoms with Gasteiger partial charge < -0.3 is 19.7 Å². The number of nitrogens with zero attached hydrogens (tertiary/aromatic N) is 3. The Bertz CT molecular complexity index is 1350. The van der Waals surface area contributed by atoms with E-state index in [-0.39, 0.29) is 6.54 Å². The van der Waals surface area contributed by atoms with Crippen molar-refractivity contribution in [2.75, 3.05) is 24.4 Å². The van der Waals surface area contributed by atoms with Crippen LogP contribution in [0.3, 0.4) is 0 Å². The molecule has 9 nitrogen and oxygen atoms in total. The molecule has 0 saturated carbocycles. The second-order valence-electron chi connectivity index (χ2n) is 9.18. The minimum Gasteiger partial charge on any atom is -0.493 e. The zero-order valence-corrected chi connectivity index (χ0v) is 22.8. The minimum atomic E-state index is -1.13. The molecule has 1 fully saturated rings. The molecule has 3 aromatic rings. The fourth-order valence-corrected chi connectivity index (χ4v) is 4.98. The second kappa shape index (κ2) is 11.0. The van der Waals surface area contributed by atoms with Crippen molar-refractivity contribution in [2.24, 2.45) is 0 Å². The van der Waals surface area contributed by atoms with Crippen LogP contribution in [0.4, 0.5) is 21.0 Å². The lowest BCUT2D eigenvalue weighted by atomic mass is 9.98. The lowest BCUT2D eigenvalue weighted by Gasteiger charge is -2.38. The van der Waals surface area contributed by atoms with Crippen LogP contribution in [0.5, 0.6) is 11.5 Å². The number of anilines is 2. The third kappa shape index (κ3) is 5.18. The SMILES string of the molecule is COc1cccc(CN2C(=O)N(c3cccc(Cl)c3)C(N(O)C(=O)Nc3cccc(Cl)c3)C2(C)C)c1OC. The quantitative estimate of drug-likeness (QED) is 0.255. The Labute approximate surface area is 231 Å². The summed E-state index contributed by atoms with van der Waals surface area (Å²) in [4.78, 5) is 30.1. The van der Waals surface area contributed by atoms with Gasteiger partial charge in [-0.15, -0.1) is 0 Å². The zero-order valence-electron chi connectivity index (χ0n) is 21.3. The van der Waals surface area contributed by atoms with E-state index < -0.39 is 23.8 Å². The van der Waals surface area contributed by atoms with Crippen molar-refractivity contribution in [3.63, 3.8) is 0 Å². The summed E-state index contributed by atoms with van der Waals surface area (Å²) in [6.07, 6.45) is -1.13. The molecule has 0 aliphatic carbocycles. The van der Waals surface area contributed by atoms with Crippen molar-refractivity contribution in [1.29, 1.82) is 0 Å². The fraction of sp³-hybridized carbons (Fsp3) is 0.259. The summed E-state index contributed by atoms with van der Waals surface area (Å²) < 4.78 is 11.0. The molecule has 1 saturated heterocycles. The summed E-state index contributed by atoms with van der Waals surface area (Å²) >= 11 is 12.3. The van der Waals surface area contributed by atoms with Crippen molar-refractivity contribution < 1.29 is 24.3 Å². The van der Waals surface area contributed by atoms with Crippen molar-refractivity contribution in [1.82, 2.24) is 9.96 Å². The molecule has 38 heavy (non-hydrogen) atoms. The molecule has 0 radical (unpaired) electrons. The predicted molar refractivity (Wildman–Crippen MR) is 146 cm³/mol. The van der Waals surface area contributed by atoms with Crippen LogP contribution >= 0.6 is 23.2 Å². The summed E-state index contributed by atoms with van der Waals surface area (Å²) in [5.74, 6) is 0.998. The van der Waals surface area contributed by atoms with Gasteiger partial charge in [-0.2, -0.15) is 5.06 Å². The molecular weight excluding hydrogens is 531 g/mol. The number of benzene rings is 3. The Morgan fingerprint density at radius 3 is 2.32 bits per heavy atom. The summed E-state index contributed by atoms with van der Waals surface area (Å²) in [5, 5.41) is 15.2. The first-order valence-electron chi connectivity index (χ1n) is 11.7. The Morgan fingerprint density at radius 2 is 1.68 bits per heavy atom. The Hall–Kier alpha value is -3.66. The molecule has 4 rings (SSSR count). The number of nitrogens with one attached hydrogen (secondary N) is 1. The molecule has 0 bridgehead atoms. The molecule has 0 aromatic heterocycles. The van der Waals surface area contributed by atoms with Crippen LogP contribution in [-0.4, -0.2) is 53.2 Å². The summed E-state index contributed by atoms with van der Waals surface area (Å²) in [6.45, 7) is 3.65. The number of urea groups is 2. The first-order chi connectivity index (χ1) is 18.1. The zero-order chi connectivity index (χ0) is 27.6. The average Bonchev–Trinajstić information content (AvgIpc) is 3.08. The highest BCUT2D eigenvalue weighted by Crippen LogP contribution is 2.41. The van der Waals surface area contributed by atoms with E-state index >= 15 is 0 Å². The summed E-state index contributed by atoms with van der Waals surface area (Å²) in [7, 11) is 3.06. The number of carbonyl (C=O) groups excluding carboxylic acids is 2. The summed E-state index contributed by atoms with van der Waals surface area (Å²) in [6, 6.07) is 17.3. The van der Waals surface area contributed by atoms with Crippen LogP contribution in [0.25, 0.3) is 0 Å². The van der Waals surface area contributed by atoms with Crippen LogP contribution in [0.2, 0.25) is 10.0 Å². The lowest BCUT2D eigenvalue weighted by molar-refractivity contribution is -0.0955. The fourth-order valence-electron chi connectivity index (χ4n) is 4.60. The molecule has 1 heterocycles. The van der Waals surface area contributed by atoms with E-state index in [4.69, 9.17) is 32.7 Å². The molecular formula is C27H28Cl2N4O5. The number of halogens is 2. The monoisotopic (exact) mass is 558 g/mol. The van der Waals surface area contributed by atoms with Crippen LogP contribution in [0.15, 0.2) is 66.7 Å². The van der Waals surface area contributed by atoms with Gasteiger partial charge in [0, 0.05) is 27.0 Å². The van der Waals surface area contributed by atoms with E-state index in [1.54, 1.807) is 79.4 Å². The van der Waals surface area contributed by atoms with E-state index in [9.17, 15) is 14.8 Å². The molecule has 1 atom stereocenters. The Balaban J connectivity index is 1.75. The largest absolute Gasteiger partial charge is 0.493 e. The molecule has 1 aliphatic rings. The maximum absolute atomic E-state index is 14.0.